The summed E-state index contributed by atoms with van der Waals surface area (Å²) in [5, 5.41) is 11.5. The van der Waals surface area contributed by atoms with Crippen molar-refractivity contribution in [2.24, 2.45) is 0 Å². The number of methoxy groups -OCH3 is 1. The Hall–Kier alpha value is -1.30. The minimum Gasteiger partial charge on any atom is -0.467 e. The fourth-order valence-corrected chi connectivity index (χ4v) is 0.938. The Morgan fingerprint density at radius 3 is 2.12 bits per heavy atom. The standard InChI is InChI=1S/C10H19NO5/c1-6(12)7(8(13)15-5)11-9(14)16-10(2,3)4/h6-7,12H,1-5H3,(H,11,14)/t6-,7-/m1/s1. The Kier molecular flexibility index (Phi) is 5.23. The van der Waals surface area contributed by atoms with E-state index in [2.05, 4.69) is 10.1 Å². The summed E-state index contributed by atoms with van der Waals surface area (Å²) in [6.45, 7) is 6.46. The van der Waals surface area contributed by atoms with Crippen molar-refractivity contribution in [3.63, 3.8) is 0 Å². The number of ether oxygens (including phenoxy) is 2. The second kappa shape index (κ2) is 5.69. The summed E-state index contributed by atoms with van der Waals surface area (Å²) in [5.41, 5.74) is -0.663. The molecule has 2 atom stereocenters. The topological polar surface area (TPSA) is 84.9 Å². The lowest BCUT2D eigenvalue weighted by Crippen LogP contribution is -2.49. The van der Waals surface area contributed by atoms with Gasteiger partial charge in [0.1, 0.15) is 5.60 Å². The highest BCUT2D eigenvalue weighted by molar-refractivity contribution is 5.81. The summed E-state index contributed by atoms with van der Waals surface area (Å²) in [4.78, 5) is 22.5. The van der Waals surface area contributed by atoms with Crippen LogP contribution in [0.3, 0.4) is 0 Å². The van der Waals surface area contributed by atoms with E-state index in [4.69, 9.17) is 4.74 Å². The van der Waals surface area contributed by atoms with Gasteiger partial charge in [-0.1, -0.05) is 0 Å². The van der Waals surface area contributed by atoms with Crippen LogP contribution in [0.25, 0.3) is 0 Å². The van der Waals surface area contributed by atoms with Crippen molar-refractivity contribution < 1.29 is 24.2 Å². The average Bonchev–Trinajstić information content (AvgIpc) is 2.09. The van der Waals surface area contributed by atoms with E-state index in [1.165, 1.54) is 14.0 Å². The predicted octanol–water partition coefficient (Wildman–Crippen LogP) is 0.433. The van der Waals surface area contributed by atoms with Gasteiger partial charge in [-0.2, -0.15) is 0 Å². The van der Waals surface area contributed by atoms with Gasteiger partial charge in [0.05, 0.1) is 13.2 Å². The molecule has 0 radical (unpaired) electrons. The molecule has 94 valence electrons. The molecule has 0 aliphatic rings. The van der Waals surface area contributed by atoms with Crippen molar-refractivity contribution in [1.82, 2.24) is 5.32 Å². The van der Waals surface area contributed by atoms with Gasteiger partial charge in [0.25, 0.3) is 0 Å². The van der Waals surface area contributed by atoms with Gasteiger partial charge in [0.15, 0.2) is 6.04 Å². The van der Waals surface area contributed by atoms with Crippen molar-refractivity contribution in [1.29, 1.82) is 0 Å². The highest BCUT2D eigenvalue weighted by Gasteiger charge is 2.28. The molecule has 0 saturated heterocycles. The zero-order valence-electron chi connectivity index (χ0n) is 10.2. The lowest BCUT2D eigenvalue weighted by atomic mass is 10.2. The first-order valence-corrected chi connectivity index (χ1v) is 4.93. The lowest BCUT2D eigenvalue weighted by Gasteiger charge is -2.23. The van der Waals surface area contributed by atoms with Crippen LogP contribution in [0.4, 0.5) is 4.79 Å². The van der Waals surface area contributed by atoms with Crippen LogP contribution in [0, 0.1) is 0 Å². The minimum atomic E-state index is -1.13. The number of carbonyl (C=O) groups excluding carboxylic acids is 2. The summed E-state index contributed by atoms with van der Waals surface area (Å²) in [7, 11) is 1.18. The van der Waals surface area contributed by atoms with Gasteiger partial charge in [0.2, 0.25) is 0 Å². The summed E-state index contributed by atoms with van der Waals surface area (Å²) < 4.78 is 9.38. The Balaban J connectivity index is 4.42. The van der Waals surface area contributed by atoms with Gasteiger partial charge < -0.3 is 19.9 Å². The molecule has 16 heavy (non-hydrogen) atoms. The summed E-state index contributed by atoms with van der Waals surface area (Å²) in [6.07, 6.45) is -1.83. The Bertz CT molecular complexity index is 256. The van der Waals surface area contributed by atoms with Crippen LogP contribution < -0.4 is 5.32 Å². The number of rotatable bonds is 3. The van der Waals surface area contributed by atoms with Crippen molar-refractivity contribution in [3.05, 3.63) is 0 Å². The molecule has 0 aromatic rings. The molecule has 0 aliphatic heterocycles. The fraction of sp³-hybridized carbons (Fsp3) is 0.800. The van der Waals surface area contributed by atoms with Crippen LogP contribution >= 0.6 is 0 Å². The molecule has 0 aliphatic carbocycles. The summed E-state index contributed by atoms with van der Waals surface area (Å²) >= 11 is 0. The van der Waals surface area contributed by atoms with E-state index in [-0.39, 0.29) is 0 Å². The molecule has 2 N–H and O–H groups in total. The zero-order valence-corrected chi connectivity index (χ0v) is 10.2. The predicted molar refractivity (Wildman–Crippen MR) is 56.9 cm³/mol. The molecular weight excluding hydrogens is 214 g/mol. The van der Waals surface area contributed by atoms with E-state index in [0.29, 0.717) is 0 Å². The third-order valence-electron chi connectivity index (χ3n) is 1.61. The highest BCUT2D eigenvalue weighted by atomic mass is 16.6. The number of aliphatic hydroxyl groups excluding tert-OH is 1. The first-order valence-electron chi connectivity index (χ1n) is 4.93. The Labute approximate surface area is 94.9 Å². The first-order chi connectivity index (χ1) is 7.17. The molecule has 6 heteroatoms. The fourth-order valence-electron chi connectivity index (χ4n) is 0.938. The van der Waals surface area contributed by atoms with Crippen molar-refractivity contribution in [2.45, 2.75) is 45.4 Å². The molecule has 0 fully saturated rings. The maximum Gasteiger partial charge on any atom is 0.408 e. The molecule has 0 heterocycles. The van der Waals surface area contributed by atoms with E-state index in [0.717, 1.165) is 0 Å². The second-order valence-corrected chi connectivity index (χ2v) is 4.39. The van der Waals surface area contributed by atoms with Gasteiger partial charge in [-0.15, -0.1) is 0 Å². The van der Waals surface area contributed by atoms with Crippen molar-refractivity contribution >= 4 is 12.1 Å². The van der Waals surface area contributed by atoms with Gasteiger partial charge in [-0.05, 0) is 27.7 Å². The van der Waals surface area contributed by atoms with Gasteiger partial charge in [0, 0.05) is 0 Å². The van der Waals surface area contributed by atoms with Gasteiger partial charge >= 0.3 is 12.1 Å². The van der Waals surface area contributed by atoms with Crippen molar-refractivity contribution in [3.8, 4) is 0 Å². The van der Waals surface area contributed by atoms with Gasteiger partial charge in [-0.25, -0.2) is 9.59 Å². The van der Waals surface area contributed by atoms with E-state index in [9.17, 15) is 14.7 Å². The lowest BCUT2D eigenvalue weighted by molar-refractivity contribution is -0.145. The van der Waals surface area contributed by atoms with Crippen LogP contribution in [-0.4, -0.2) is 42.0 Å². The maximum absolute atomic E-state index is 11.3. The molecule has 0 saturated carbocycles. The number of esters is 1. The van der Waals surface area contributed by atoms with Gasteiger partial charge in [-0.3, -0.25) is 0 Å². The second-order valence-electron chi connectivity index (χ2n) is 4.39. The molecule has 6 nitrogen and oxygen atoms in total. The zero-order chi connectivity index (χ0) is 12.9. The van der Waals surface area contributed by atoms with Crippen LogP contribution in [0.15, 0.2) is 0 Å². The van der Waals surface area contributed by atoms with Crippen molar-refractivity contribution in [2.75, 3.05) is 7.11 Å². The van der Waals surface area contributed by atoms with Crippen LogP contribution in [0.5, 0.6) is 0 Å². The third-order valence-corrected chi connectivity index (χ3v) is 1.61. The monoisotopic (exact) mass is 233 g/mol. The number of nitrogens with one attached hydrogen (secondary N) is 1. The number of carbonyl (C=O) groups is 2. The minimum absolute atomic E-state index is 0.663. The number of hydrogen-bond acceptors (Lipinski definition) is 5. The normalized spacial score (nSPS) is 14.9. The molecule has 0 rings (SSSR count). The Morgan fingerprint density at radius 2 is 1.81 bits per heavy atom. The Morgan fingerprint density at radius 1 is 1.31 bits per heavy atom. The molecular formula is C10H19NO5. The van der Waals surface area contributed by atoms with E-state index >= 15 is 0 Å². The number of amides is 1. The largest absolute Gasteiger partial charge is 0.467 e. The third kappa shape index (κ3) is 5.55. The van der Waals surface area contributed by atoms with Crippen LogP contribution in [0.1, 0.15) is 27.7 Å². The summed E-state index contributed by atoms with van der Waals surface area (Å²) in [5.74, 6) is -0.721. The number of alkyl carbamates (subject to hydrolysis) is 1. The van der Waals surface area contributed by atoms with Crippen LogP contribution in [0.2, 0.25) is 0 Å². The quantitative estimate of drug-likeness (QED) is 0.691. The molecule has 0 aromatic heterocycles. The molecule has 0 unspecified atom stereocenters. The van der Waals surface area contributed by atoms with E-state index in [1.54, 1.807) is 20.8 Å². The molecule has 0 bridgehead atoms. The number of aliphatic hydroxyl groups is 1. The SMILES string of the molecule is COC(=O)[C@H](NC(=O)OC(C)(C)C)[C@@H](C)O. The molecule has 0 spiro atoms. The number of hydrogen-bond donors (Lipinski definition) is 2. The highest BCUT2D eigenvalue weighted by Crippen LogP contribution is 2.07. The summed E-state index contributed by atoms with van der Waals surface area (Å²) in [6, 6.07) is -1.13. The van der Waals surface area contributed by atoms with E-state index < -0.39 is 29.8 Å². The molecule has 0 aromatic carbocycles. The van der Waals surface area contributed by atoms with Crippen LogP contribution in [-0.2, 0) is 14.3 Å². The average molecular weight is 233 g/mol. The maximum atomic E-state index is 11.3. The first kappa shape index (κ1) is 14.7. The molecule has 1 amide bonds. The smallest absolute Gasteiger partial charge is 0.408 e. The van der Waals surface area contributed by atoms with E-state index in [1.807, 2.05) is 0 Å².